The second kappa shape index (κ2) is 10.9. The molecule has 228 valence electrons. The third kappa shape index (κ3) is 5.46. The minimum Gasteiger partial charge on any atom is -0.780 e. The van der Waals surface area contributed by atoms with Crippen molar-refractivity contribution in [2.75, 3.05) is 18.9 Å². The van der Waals surface area contributed by atoms with Crippen LogP contribution in [-0.4, -0.2) is 79.0 Å². The molecule has 0 radical (unpaired) electrons. The summed E-state index contributed by atoms with van der Waals surface area (Å²) < 4.78 is 77.2. The number of imidazole rings is 1. The number of anilines is 1. The Bertz CT molecular complexity index is 1730. The van der Waals surface area contributed by atoms with Crippen molar-refractivity contribution in [3.05, 3.63) is 45.8 Å². The predicted molar refractivity (Wildman–Crippen MR) is 132 cm³/mol. The molecular formula is C19H19F2N7O11P2S-2. The number of H-pyrrole nitrogens is 1. The second-order valence-electron chi connectivity index (χ2n) is 9.25. The Morgan fingerprint density at radius 3 is 2.33 bits per heavy atom. The van der Waals surface area contributed by atoms with E-state index in [0.29, 0.717) is 4.57 Å². The van der Waals surface area contributed by atoms with Crippen molar-refractivity contribution < 1.29 is 50.7 Å². The molecule has 6 heterocycles. The van der Waals surface area contributed by atoms with Crippen molar-refractivity contribution in [2.45, 2.75) is 49.2 Å². The molecule has 3 aliphatic rings. The lowest BCUT2D eigenvalue weighted by molar-refractivity contribution is -0.238. The van der Waals surface area contributed by atoms with Crippen LogP contribution in [0.5, 0.6) is 0 Å². The number of fused-ring (bicyclic) bond motifs is 3. The monoisotopic (exact) mass is 653 g/mol. The molecule has 3 aliphatic heterocycles. The number of aromatic nitrogens is 6. The van der Waals surface area contributed by atoms with E-state index in [1.165, 1.54) is 0 Å². The first-order chi connectivity index (χ1) is 19.8. The van der Waals surface area contributed by atoms with Gasteiger partial charge < -0.3 is 43.1 Å². The van der Waals surface area contributed by atoms with Crippen LogP contribution < -0.4 is 26.8 Å². The number of aromatic amines is 1. The number of nitrogens with zero attached hydrogens (tertiary/aromatic N) is 5. The Morgan fingerprint density at radius 1 is 1.00 bits per heavy atom. The van der Waals surface area contributed by atoms with Crippen molar-refractivity contribution in [1.29, 1.82) is 0 Å². The van der Waals surface area contributed by atoms with Gasteiger partial charge in [0.25, 0.3) is 13.4 Å². The van der Waals surface area contributed by atoms with E-state index in [9.17, 15) is 23.9 Å². The molecule has 3 N–H and O–H groups in total. The number of phosphoric acid groups is 1. The van der Waals surface area contributed by atoms with Crippen LogP contribution in [0.3, 0.4) is 0 Å². The van der Waals surface area contributed by atoms with E-state index in [4.69, 9.17) is 45.1 Å². The number of nitrogen functional groups attached to an aromatic ring is 1. The lowest BCUT2D eigenvalue weighted by Gasteiger charge is -2.36. The molecular weight excluding hydrogens is 634 g/mol. The Labute approximate surface area is 237 Å². The maximum absolute atomic E-state index is 15.7. The van der Waals surface area contributed by atoms with Crippen molar-refractivity contribution >= 4 is 43.3 Å². The van der Waals surface area contributed by atoms with Gasteiger partial charge in [-0.25, -0.2) is 28.5 Å². The van der Waals surface area contributed by atoms with E-state index in [-0.39, 0.29) is 17.0 Å². The van der Waals surface area contributed by atoms with Crippen LogP contribution in [-0.2, 0) is 43.9 Å². The summed E-state index contributed by atoms with van der Waals surface area (Å²) >= 11 is 4.90. The molecule has 3 aromatic heterocycles. The maximum Gasteiger partial charge on any atom is 0.330 e. The standard InChI is InChI=1S/C19H21F2N7O11P2S/c20-10-13-8(37-18(10)28-6-25-12-15(22)23-5-24-16(12)28)4-35-41(33,42)39-14-7(3-34-40(31,32)38-13)36-17(11(14)21)27-2-1-9(29)26-19(27)30/h1-2,5-8,10-11,13-14,17-18H,3-4H2,(H,31,32)(H,33,42)(H2,22,23,24)(H,26,29,30)/p-2/t7-,8-,10+,11?,13?,14+,17-,18-,41?/m1/s1. The minimum atomic E-state index is -5.38. The van der Waals surface area contributed by atoms with Crippen LogP contribution in [0.1, 0.15) is 12.5 Å². The van der Waals surface area contributed by atoms with Crippen molar-refractivity contribution in [3.63, 3.8) is 0 Å². The molecule has 0 saturated carbocycles. The zero-order valence-corrected chi connectivity index (χ0v) is 23.3. The Balaban J connectivity index is 1.28. The van der Waals surface area contributed by atoms with Crippen molar-refractivity contribution in [1.82, 2.24) is 29.1 Å². The number of hydrogen-bond acceptors (Lipinski definition) is 16. The van der Waals surface area contributed by atoms with E-state index in [2.05, 4.69) is 15.0 Å². The number of hydrogen-bond donors (Lipinski definition) is 2. The van der Waals surface area contributed by atoms with E-state index in [1.807, 2.05) is 4.98 Å². The summed E-state index contributed by atoms with van der Waals surface area (Å²) in [6, 6.07) is 0.911. The first-order valence-corrected chi connectivity index (χ1v) is 16.0. The van der Waals surface area contributed by atoms with E-state index < -0.39 is 88.2 Å². The molecule has 42 heavy (non-hydrogen) atoms. The zero-order chi connectivity index (χ0) is 30.0. The third-order valence-corrected chi connectivity index (χ3v) is 9.12. The molecule has 4 unspecified atom stereocenters. The molecule has 3 aromatic rings. The fourth-order valence-electron chi connectivity index (χ4n) is 4.73. The van der Waals surface area contributed by atoms with Gasteiger partial charge in [0.05, 0.1) is 19.5 Å². The van der Waals surface area contributed by atoms with Gasteiger partial charge in [0.15, 0.2) is 36.3 Å². The van der Waals surface area contributed by atoms with Gasteiger partial charge >= 0.3 is 5.69 Å². The molecule has 0 amide bonds. The highest BCUT2D eigenvalue weighted by atomic mass is 32.5. The molecule has 3 fully saturated rings. The van der Waals surface area contributed by atoms with Crippen molar-refractivity contribution in [3.8, 4) is 0 Å². The SMILES string of the molecule is Nc1ncnc2c1ncn2[C@@H]1O[C@@H]2COP([O-])(=S)O[C@@H]3C(F)[C@H](n4ccc(=O)[nH]c4=O)O[C@@H]3COP(=O)([O-])OC2[C@@H]1F. The molecule has 18 nitrogen and oxygen atoms in total. The number of rotatable bonds is 2. The largest absolute Gasteiger partial charge is 0.780 e. The molecule has 6 rings (SSSR count). The summed E-state index contributed by atoms with van der Waals surface area (Å²) in [6.07, 6.45) is -11.7. The van der Waals surface area contributed by atoms with Crippen LogP contribution in [0.4, 0.5) is 14.6 Å². The minimum absolute atomic E-state index is 0.00789. The first-order valence-electron chi connectivity index (χ1n) is 11.9. The van der Waals surface area contributed by atoms with E-state index in [1.54, 1.807) is 0 Å². The number of ether oxygens (including phenoxy) is 2. The van der Waals surface area contributed by atoms with Gasteiger partial charge in [-0.2, -0.15) is 0 Å². The van der Waals surface area contributed by atoms with Crippen LogP contribution in [0.15, 0.2) is 34.5 Å². The number of halogens is 2. The summed E-state index contributed by atoms with van der Waals surface area (Å²) in [6.45, 7) is -6.43. The molecule has 10 atom stereocenters. The number of alkyl halides is 2. The lowest BCUT2D eigenvalue weighted by atomic mass is 10.1. The molecule has 0 bridgehead atoms. The average Bonchev–Trinajstić information content (AvgIpc) is 3.57. The quantitative estimate of drug-likeness (QED) is 0.293. The average molecular weight is 653 g/mol. The maximum atomic E-state index is 15.7. The van der Waals surface area contributed by atoms with E-state index in [0.717, 1.165) is 29.5 Å². The first kappa shape index (κ1) is 29.5. The van der Waals surface area contributed by atoms with Crippen LogP contribution >= 0.6 is 14.5 Å². The van der Waals surface area contributed by atoms with Gasteiger partial charge in [0, 0.05) is 12.3 Å². The Morgan fingerprint density at radius 2 is 1.64 bits per heavy atom. The highest BCUT2D eigenvalue weighted by molar-refractivity contribution is 8.06. The fraction of sp³-hybridized carbons (Fsp3) is 0.526. The molecule has 0 aromatic carbocycles. The summed E-state index contributed by atoms with van der Waals surface area (Å²) in [5.41, 5.74) is 4.11. The van der Waals surface area contributed by atoms with Crippen molar-refractivity contribution in [2.24, 2.45) is 0 Å². The van der Waals surface area contributed by atoms with E-state index >= 15 is 8.78 Å². The predicted octanol–water partition coefficient (Wildman–Crippen LogP) is -1.70. The zero-order valence-electron chi connectivity index (χ0n) is 20.7. The molecule has 3 saturated heterocycles. The Kier molecular flexibility index (Phi) is 7.64. The van der Waals surface area contributed by atoms with Gasteiger partial charge in [-0.3, -0.25) is 23.5 Å². The van der Waals surface area contributed by atoms with Gasteiger partial charge in [-0.1, -0.05) is 11.8 Å². The fourth-order valence-corrected chi connectivity index (χ4v) is 7.09. The van der Waals surface area contributed by atoms with Gasteiger partial charge in [-0.15, -0.1) is 0 Å². The second-order valence-corrected chi connectivity index (χ2v) is 13.3. The summed E-state index contributed by atoms with van der Waals surface area (Å²) in [4.78, 5) is 63.1. The number of phosphoric ester groups is 1. The number of nitrogens with one attached hydrogen (secondary N) is 1. The van der Waals surface area contributed by atoms with Crippen LogP contribution in [0.25, 0.3) is 11.2 Å². The smallest absolute Gasteiger partial charge is 0.330 e. The molecule has 23 heteroatoms. The molecule has 0 aliphatic carbocycles. The summed E-state index contributed by atoms with van der Waals surface area (Å²) in [5.74, 6) is -0.00789. The summed E-state index contributed by atoms with van der Waals surface area (Å²) in [5, 5.41) is 0. The highest BCUT2D eigenvalue weighted by Crippen LogP contribution is 2.51. The lowest BCUT2D eigenvalue weighted by Crippen LogP contribution is -2.39. The summed E-state index contributed by atoms with van der Waals surface area (Å²) in [7, 11) is -5.38. The third-order valence-electron chi connectivity index (χ3n) is 6.62. The normalized spacial score (nSPS) is 39.3. The van der Waals surface area contributed by atoms with Crippen LogP contribution in [0.2, 0.25) is 0 Å². The van der Waals surface area contributed by atoms with Gasteiger partial charge in [-0.05, 0) is 0 Å². The Hall–Kier alpha value is -2.55. The topological polar surface area (TPSA) is 243 Å². The van der Waals surface area contributed by atoms with Gasteiger partial charge in [0.2, 0.25) is 0 Å². The number of nitrogens with two attached hydrogens (primary N) is 1. The molecule has 0 spiro atoms. The van der Waals surface area contributed by atoms with Gasteiger partial charge in [0.1, 0.15) is 43.0 Å². The van der Waals surface area contributed by atoms with Crippen LogP contribution in [0, 0.1) is 0 Å². The highest BCUT2D eigenvalue weighted by Gasteiger charge is 2.52.